The van der Waals surface area contributed by atoms with Crippen molar-refractivity contribution in [3.8, 4) is 0 Å². The van der Waals surface area contributed by atoms with E-state index in [4.69, 9.17) is 5.11 Å². The van der Waals surface area contributed by atoms with Crippen LogP contribution in [0.4, 0.5) is 0 Å². The Morgan fingerprint density at radius 3 is 2.19 bits per heavy atom. The van der Waals surface area contributed by atoms with Crippen LogP contribution in [-0.2, 0) is 0 Å². The number of amides is 1. The molecule has 1 aromatic rings. The highest BCUT2D eigenvalue weighted by Gasteiger charge is 2.28. The maximum absolute atomic E-state index is 12.8. The van der Waals surface area contributed by atoms with Crippen molar-refractivity contribution >= 4 is 11.9 Å². The van der Waals surface area contributed by atoms with Crippen molar-refractivity contribution in [2.45, 2.75) is 46.6 Å². The predicted molar refractivity (Wildman–Crippen MR) is 79.7 cm³/mol. The summed E-state index contributed by atoms with van der Waals surface area (Å²) in [6, 6.07) is 0.0339. The maximum Gasteiger partial charge on any atom is 0.352 e. The lowest BCUT2D eigenvalue weighted by Gasteiger charge is -2.30. The number of aliphatic hydroxyl groups is 1. The van der Waals surface area contributed by atoms with E-state index in [1.807, 2.05) is 13.8 Å². The van der Waals surface area contributed by atoms with Gasteiger partial charge in [-0.1, -0.05) is 13.8 Å². The molecule has 0 aromatic carbocycles. The molecule has 6 heteroatoms. The number of carbonyl (C=O) groups is 2. The number of hydrogen-bond donors (Lipinski definition) is 3. The van der Waals surface area contributed by atoms with Gasteiger partial charge >= 0.3 is 5.97 Å². The van der Waals surface area contributed by atoms with E-state index < -0.39 is 5.97 Å². The van der Waals surface area contributed by atoms with Crippen LogP contribution in [0.2, 0.25) is 0 Å². The second-order valence-electron chi connectivity index (χ2n) is 5.12. The Kier molecular flexibility index (Phi) is 5.96. The molecule has 6 nitrogen and oxygen atoms in total. The number of rotatable bonds is 7. The molecule has 3 N–H and O–H groups in total. The van der Waals surface area contributed by atoms with Gasteiger partial charge in [-0.05, 0) is 32.3 Å². The van der Waals surface area contributed by atoms with Crippen molar-refractivity contribution in [2.75, 3.05) is 13.2 Å². The number of carbonyl (C=O) groups excluding carboxylic acids is 1. The van der Waals surface area contributed by atoms with Crippen molar-refractivity contribution in [3.05, 3.63) is 22.5 Å². The van der Waals surface area contributed by atoms with Crippen LogP contribution in [0.15, 0.2) is 0 Å². The van der Waals surface area contributed by atoms with Crippen molar-refractivity contribution in [2.24, 2.45) is 0 Å². The van der Waals surface area contributed by atoms with E-state index >= 15 is 0 Å². The molecule has 0 aliphatic rings. The number of aromatic amines is 1. The normalized spacial score (nSPS) is 11.0. The number of aromatic nitrogens is 1. The molecule has 21 heavy (non-hydrogen) atoms. The second kappa shape index (κ2) is 7.26. The zero-order valence-electron chi connectivity index (χ0n) is 13.1. The fourth-order valence-electron chi connectivity index (χ4n) is 2.72. The Bertz CT molecular complexity index is 518. The van der Waals surface area contributed by atoms with Crippen LogP contribution in [0.5, 0.6) is 0 Å². The topological polar surface area (TPSA) is 93.6 Å². The van der Waals surface area contributed by atoms with E-state index in [1.165, 1.54) is 0 Å². The molecule has 0 spiro atoms. The summed E-state index contributed by atoms with van der Waals surface area (Å²) in [5, 5.41) is 18.3. The molecule has 1 rings (SSSR count). The lowest BCUT2D eigenvalue weighted by atomic mass is 10.0. The summed E-state index contributed by atoms with van der Waals surface area (Å²) < 4.78 is 0. The van der Waals surface area contributed by atoms with Crippen LogP contribution in [0.25, 0.3) is 0 Å². The first kappa shape index (κ1) is 17.2. The van der Waals surface area contributed by atoms with E-state index in [1.54, 1.807) is 18.7 Å². The van der Waals surface area contributed by atoms with Crippen molar-refractivity contribution in [3.63, 3.8) is 0 Å². The molecule has 1 amide bonds. The zero-order valence-corrected chi connectivity index (χ0v) is 13.1. The lowest BCUT2D eigenvalue weighted by molar-refractivity contribution is 0.0621. The number of carboxylic acid groups (broad SMARTS) is 1. The van der Waals surface area contributed by atoms with E-state index in [2.05, 4.69) is 4.98 Å². The average molecular weight is 296 g/mol. The Labute approximate surface area is 124 Å². The molecule has 1 heterocycles. The number of aromatic carboxylic acids is 1. The number of aliphatic hydroxyl groups excluding tert-OH is 1. The molecule has 0 aliphatic carbocycles. The Morgan fingerprint density at radius 2 is 1.81 bits per heavy atom. The monoisotopic (exact) mass is 296 g/mol. The van der Waals surface area contributed by atoms with Gasteiger partial charge in [0, 0.05) is 18.3 Å². The van der Waals surface area contributed by atoms with Gasteiger partial charge < -0.3 is 20.1 Å². The fraction of sp³-hybridized carbons (Fsp3) is 0.600. The molecule has 0 fully saturated rings. The summed E-state index contributed by atoms with van der Waals surface area (Å²) in [5.41, 5.74) is 1.43. The first-order chi connectivity index (χ1) is 9.88. The number of aryl methyl sites for hydroxylation is 1. The summed E-state index contributed by atoms with van der Waals surface area (Å²) >= 11 is 0. The SMILES string of the molecule is CCC(CC)N(CCO)C(=O)c1c(C)[nH]c(C(=O)O)c1C. The van der Waals surface area contributed by atoms with Gasteiger partial charge in [0.1, 0.15) is 5.69 Å². The molecule has 0 aliphatic heterocycles. The lowest BCUT2D eigenvalue weighted by Crippen LogP contribution is -2.42. The first-order valence-corrected chi connectivity index (χ1v) is 7.23. The Balaban J connectivity index is 3.24. The van der Waals surface area contributed by atoms with Crippen LogP contribution in [0.1, 0.15) is 58.8 Å². The molecule has 1 aromatic heterocycles. The summed E-state index contributed by atoms with van der Waals surface area (Å²) in [6.45, 7) is 7.44. The third kappa shape index (κ3) is 3.44. The Morgan fingerprint density at radius 1 is 1.24 bits per heavy atom. The van der Waals surface area contributed by atoms with E-state index in [0.717, 1.165) is 12.8 Å². The van der Waals surface area contributed by atoms with Gasteiger partial charge in [-0.2, -0.15) is 0 Å². The molecular weight excluding hydrogens is 272 g/mol. The number of H-pyrrole nitrogens is 1. The van der Waals surface area contributed by atoms with Gasteiger partial charge in [0.05, 0.1) is 12.2 Å². The van der Waals surface area contributed by atoms with Crippen LogP contribution >= 0.6 is 0 Å². The van der Waals surface area contributed by atoms with Crippen LogP contribution in [-0.4, -0.2) is 51.2 Å². The standard InChI is InChI=1S/C15H24N2O4/c1-5-11(6-2)17(7-8-18)14(19)12-9(3)13(15(20)21)16-10(12)4/h11,16,18H,5-8H2,1-4H3,(H,20,21). The molecule has 0 atom stereocenters. The van der Waals surface area contributed by atoms with Gasteiger partial charge in [-0.3, -0.25) is 4.79 Å². The highest BCUT2D eigenvalue weighted by molar-refractivity contribution is 6.01. The van der Waals surface area contributed by atoms with Gasteiger partial charge in [-0.25, -0.2) is 4.79 Å². The molecule has 0 unspecified atom stereocenters. The first-order valence-electron chi connectivity index (χ1n) is 7.23. The van der Waals surface area contributed by atoms with Crippen molar-refractivity contribution in [1.29, 1.82) is 0 Å². The highest BCUT2D eigenvalue weighted by atomic mass is 16.4. The minimum Gasteiger partial charge on any atom is -0.477 e. The quantitative estimate of drug-likeness (QED) is 0.717. The van der Waals surface area contributed by atoms with Crippen LogP contribution in [0.3, 0.4) is 0 Å². The average Bonchev–Trinajstić information content (AvgIpc) is 2.74. The van der Waals surface area contributed by atoms with E-state index in [-0.39, 0.29) is 30.8 Å². The summed E-state index contributed by atoms with van der Waals surface area (Å²) in [7, 11) is 0. The third-order valence-corrected chi connectivity index (χ3v) is 3.85. The minimum absolute atomic E-state index is 0.0339. The molecule has 0 radical (unpaired) electrons. The van der Waals surface area contributed by atoms with Gasteiger partial charge in [0.15, 0.2) is 0 Å². The smallest absolute Gasteiger partial charge is 0.352 e. The second-order valence-corrected chi connectivity index (χ2v) is 5.12. The van der Waals surface area contributed by atoms with E-state index in [0.29, 0.717) is 16.8 Å². The highest BCUT2D eigenvalue weighted by Crippen LogP contribution is 2.22. The number of nitrogens with zero attached hydrogens (tertiary/aromatic N) is 1. The minimum atomic E-state index is -1.08. The Hall–Kier alpha value is -1.82. The number of hydrogen-bond acceptors (Lipinski definition) is 3. The summed E-state index contributed by atoms with van der Waals surface area (Å²) in [5.74, 6) is -1.30. The summed E-state index contributed by atoms with van der Waals surface area (Å²) in [6.07, 6.45) is 1.58. The van der Waals surface area contributed by atoms with Gasteiger partial charge in [0.25, 0.3) is 5.91 Å². The van der Waals surface area contributed by atoms with Gasteiger partial charge in [-0.15, -0.1) is 0 Å². The van der Waals surface area contributed by atoms with E-state index in [9.17, 15) is 14.7 Å². The van der Waals surface area contributed by atoms with Crippen LogP contribution in [0, 0.1) is 13.8 Å². The van der Waals surface area contributed by atoms with Crippen molar-refractivity contribution < 1.29 is 19.8 Å². The number of carboxylic acids is 1. The zero-order chi connectivity index (χ0) is 16.2. The molecule has 0 bridgehead atoms. The molecule has 118 valence electrons. The number of nitrogens with one attached hydrogen (secondary N) is 1. The maximum atomic E-state index is 12.8. The molecule has 0 saturated heterocycles. The van der Waals surface area contributed by atoms with Gasteiger partial charge in [0.2, 0.25) is 0 Å². The van der Waals surface area contributed by atoms with Crippen LogP contribution < -0.4 is 0 Å². The molecule has 0 saturated carbocycles. The largest absolute Gasteiger partial charge is 0.477 e. The fourth-order valence-corrected chi connectivity index (χ4v) is 2.72. The molecular formula is C15H24N2O4. The summed E-state index contributed by atoms with van der Waals surface area (Å²) in [4.78, 5) is 28.3. The predicted octanol–water partition coefficient (Wildman–Crippen LogP) is 1.95. The van der Waals surface area contributed by atoms with Crippen molar-refractivity contribution in [1.82, 2.24) is 9.88 Å². The third-order valence-electron chi connectivity index (χ3n) is 3.85.